The molecule has 0 radical (unpaired) electrons. The van der Waals surface area contributed by atoms with Gasteiger partial charge in [-0.05, 0) is 44.7 Å². The first-order valence-electron chi connectivity index (χ1n) is 9.02. The smallest absolute Gasteiger partial charge is 0.317 e. The topological polar surface area (TPSA) is 52.7 Å². The molecule has 3 rings (SSSR count). The van der Waals surface area contributed by atoms with Gasteiger partial charge in [0, 0.05) is 31.2 Å². The normalized spacial score (nSPS) is 24.3. The van der Waals surface area contributed by atoms with Crippen LogP contribution in [0.4, 0.5) is 10.5 Å². The van der Waals surface area contributed by atoms with Crippen molar-refractivity contribution >= 4 is 17.6 Å². The van der Waals surface area contributed by atoms with Gasteiger partial charge in [-0.15, -0.1) is 0 Å². The van der Waals surface area contributed by atoms with E-state index in [0.717, 1.165) is 31.5 Å². The highest BCUT2D eigenvalue weighted by molar-refractivity contribution is 5.96. The maximum atomic E-state index is 12.6. The number of nitrogens with zero attached hydrogens (tertiary/aromatic N) is 2. The van der Waals surface area contributed by atoms with Crippen LogP contribution in [0.15, 0.2) is 24.3 Å². The zero-order valence-corrected chi connectivity index (χ0v) is 14.6. The summed E-state index contributed by atoms with van der Waals surface area (Å²) >= 11 is 0. The molecule has 0 saturated carbocycles. The zero-order valence-electron chi connectivity index (χ0n) is 14.6. The first-order chi connectivity index (χ1) is 11.6. The van der Waals surface area contributed by atoms with Gasteiger partial charge in [0.25, 0.3) is 0 Å². The Kier molecular flexibility index (Phi) is 5.07. The summed E-state index contributed by atoms with van der Waals surface area (Å²) in [7, 11) is 0. The number of hydrogen-bond donors (Lipinski definition) is 1. The minimum absolute atomic E-state index is 0.00916. The molecule has 5 nitrogen and oxygen atoms in total. The largest absolute Gasteiger partial charge is 0.333 e. The molecule has 0 bridgehead atoms. The van der Waals surface area contributed by atoms with Gasteiger partial charge in [-0.2, -0.15) is 0 Å². The zero-order chi connectivity index (χ0) is 17.1. The number of rotatable bonds is 3. The standard InChI is InChI=1S/C19H27N3O2/c1-3-16-6-4-5-11-21(16)19(24)20-15-12-18(23)22(13-15)17-9-7-14(2)8-10-17/h7-10,15-16H,3-6,11-13H2,1-2H3,(H,20,24)/t15-,16+/m1/s1. The van der Waals surface area contributed by atoms with Crippen molar-refractivity contribution in [2.75, 3.05) is 18.0 Å². The van der Waals surface area contributed by atoms with E-state index in [0.29, 0.717) is 19.0 Å². The molecule has 1 N–H and O–H groups in total. The lowest BCUT2D eigenvalue weighted by molar-refractivity contribution is -0.117. The van der Waals surface area contributed by atoms with Crippen molar-refractivity contribution in [3.63, 3.8) is 0 Å². The summed E-state index contributed by atoms with van der Waals surface area (Å²) in [5, 5.41) is 3.08. The number of likely N-dealkylation sites (tertiary alicyclic amines) is 1. The van der Waals surface area contributed by atoms with Crippen LogP contribution in [0.25, 0.3) is 0 Å². The Bertz CT molecular complexity index is 599. The molecule has 2 aliphatic rings. The lowest BCUT2D eigenvalue weighted by atomic mass is 10.0. The highest BCUT2D eigenvalue weighted by Gasteiger charge is 2.34. The molecule has 2 fully saturated rings. The molecule has 3 amide bonds. The summed E-state index contributed by atoms with van der Waals surface area (Å²) in [4.78, 5) is 28.6. The summed E-state index contributed by atoms with van der Waals surface area (Å²) < 4.78 is 0. The third kappa shape index (κ3) is 3.55. The predicted molar refractivity (Wildman–Crippen MR) is 95.1 cm³/mol. The Morgan fingerprint density at radius 2 is 2.00 bits per heavy atom. The van der Waals surface area contributed by atoms with E-state index < -0.39 is 0 Å². The number of amides is 3. The average molecular weight is 329 g/mol. The van der Waals surface area contributed by atoms with E-state index in [2.05, 4.69) is 12.2 Å². The van der Waals surface area contributed by atoms with Crippen LogP contribution in [0.3, 0.4) is 0 Å². The fourth-order valence-electron chi connectivity index (χ4n) is 3.73. The minimum atomic E-state index is -0.106. The second-order valence-corrected chi connectivity index (χ2v) is 6.94. The van der Waals surface area contributed by atoms with Crippen LogP contribution in [0.1, 0.15) is 44.6 Å². The lowest BCUT2D eigenvalue weighted by Crippen LogP contribution is -2.51. The number of urea groups is 1. The summed E-state index contributed by atoms with van der Waals surface area (Å²) in [6.07, 6.45) is 4.73. The first kappa shape index (κ1) is 16.8. The van der Waals surface area contributed by atoms with E-state index in [1.807, 2.05) is 36.1 Å². The Labute approximate surface area is 144 Å². The molecule has 1 aromatic rings. The number of benzene rings is 1. The molecule has 24 heavy (non-hydrogen) atoms. The summed E-state index contributed by atoms with van der Waals surface area (Å²) in [6.45, 7) is 5.54. The molecule has 2 aliphatic heterocycles. The number of carbonyl (C=O) groups excluding carboxylic acids is 2. The van der Waals surface area contributed by atoms with Gasteiger partial charge in [-0.3, -0.25) is 4.79 Å². The average Bonchev–Trinajstić information content (AvgIpc) is 2.95. The molecule has 0 aromatic heterocycles. The fourth-order valence-corrected chi connectivity index (χ4v) is 3.73. The Morgan fingerprint density at radius 1 is 1.25 bits per heavy atom. The second-order valence-electron chi connectivity index (χ2n) is 6.94. The van der Waals surface area contributed by atoms with E-state index in [1.54, 1.807) is 4.90 Å². The third-order valence-electron chi connectivity index (χ3n) is 5.16. The van der Waals surface area contributed by atoms with Crippen molar-refractivity contribution in [3.05, 3.63) is 29.8 Å². The van der Waals surface area contributed by atoms with Crippen molar-refractivity contribution < 1.29 is 9.59 Å². The first-order valence-corrected chi connectivity index (χ1v) is 9.02. The number of aryl methyl sites for hydroxylation is 1. The van der Waals surface area contributed by atoms with Crippen molar-refractivity contribution in [1.82, 2.24) is 10.2 Å². The Balaban J connectivity index is 1.61. The monoisotopic (exact) mass is 329 g/mol. The van der Waals surface area contributed by atoms with Crippen LogP contribution >= 0.6 is 0 Å². The molecule has 0 aliphatic carbocycles. The maximum Gasteiger partial charge on any atom is 0.317 e. The minimum Gasteiger partial charge on any atom is -0.333 e. The maximum absolute atomic E-state index is 12.6. The van der Waals surface area contributed by atoms with Gasteiger partial charge < -0.3 is 15.1 Å². The van der Waals surface area contributed by atoms with Gasteiger partial charge in [0.2, 0.25) is 5.91 Å². The van der Waals surface area contributed by atoms with Crippen LogP contribution in [0.2, 0.25) is 0 Å². The molecular weight excluding hydrogens is 302 g/mol. The van der Waals surface area contributed by atoms with Crippen LogP contribution in [0, 0.1) is 6.92 Å². The van der Waals surface area contributed by atoms with Gasteiger partial charge in [0.1, 0.15) is 0 Å². The predicted octanol–water partition coefficient (Wildman–Crippen LogP) is 3.07. The van der Waals surface area contributed by atoms with Crippen LogP contribution in [-0.2, 0) is 4.79 Å². The van der Waals surface area contributed by atoms with E-state index >= 15 is 0 Å². The lowest BCUT2D eigenvalue weighted by Gasteiger charge is -2.35. The summed E-state index contributed by atoms with van der Waals surface area (Å²) in [5.74, 6) is 0.0786. The van der Waals surface area contributed by atoms with Crippen molar-refractivity contribution in [1.29, 1.82) is 0 Å². The van der Waals surface area contributed by atoms with Crippen LogP contribution in [0.5, 0.6) is 0 Å². The van der Waals surface area contributed by atoms with Gasteiger partial charge in [-0.25, -0.2) is 4.79 Å². The highest BCUT2D eigenvalue weighted by atomic mass is 16.2. The van der Waals surface area contributed by atoms with Gasteiger partial charge in [0.05, 0.1) is 6.04 Å². The molecule has 2 heterocycles. The van der Waals surface area contributed by atoms with E-state index in [4.69, 9.17) is 0 Å². The van der Waals surface area contributed by atoms with Crippen molar-refractivity contribution in [2.24, 2.45) is 0 Å². The van der Waals surface area contributed by atoms with E-state index in [9.17, 15) is 9.59 Å². The van der Waals surface area contributed by atoms with Crippen LogP contribution in [-0.4, -0.2) is 42.0 Å². The van der Waals surface area contributed by atoms with E-state index in [-0.39, 0.29) is 18.0 Å². The Hall–Kier alpha value is -2.04. The molecule has 0 spiro atoms. The van der Waals surface area contributed by atoms with Crippen molar-refractivity contribution in [3.8, 4) is 0 Å². The number of anilines is 1. The molecule has 5 heteroatoms. The van der Waals surface area contributed by atoms with Gasteiger partial charge >= 0.3 is 6.03 Å². The molecule has 1 aromatic carbocycles. The molecule has 2 atom stereocenters. The van der Waals surface area contributed by atoms with E-state index in [1.165, 1.54) is 12.0 Å². The molecule has 0 unspecified atom stereocenters. The summed E-state index contributed by atoms with van der Waals surface area (Å²) in [5.41, 5.74) is 2.08. The summed E-state index contributed by atoms with van der Waals surface area (Å²) in [6, 6.07) is 8.17. The molecule has 2 saturated heterocycles. The Morgan fingerprint density at radius 3 is 2.71 bits per heavy atom. The quantitative estimate of drug-likeness (QED) is 0.926. The molecule has 130 valence electrons. The number of piperidine rings is 1. The van der Waals surface area contributed by atoms with Crippen molar-refractivity contribution in [2.45, 2.75) is 58.0 Å². The second kappa shape index (κ2) is 7.24. The van der Waals surface area contributed by atoms with Gasteiger partial charge in [0.15, 0.2) is 0 Å². The number of carbonyl (C=O) groups is 2. The number of nitrogens with one attached hydrogen (secondary N) is 1. The highest BCUT2D eigenvalue weighted by Crippen LogP contribution is 2.23. The fraction of sp³-hybridized carbons (Fsp3) is 0.579. The number of hydrogen-bond acceptors (Lipinski definition) is 2. The van der Waals surface area contributed by atoms with Crippen LogP contribution < -0.4 is 10.2 Å². The third-order valence-corrected chi connectivity index (χ3v) is 5.16. The molecular formula is C19H27N3O2. The SMILES string of the molecule is CC[C@H]1CCCCN1C(=O)N[C@@H]1CC(=O)N(c2ccc(C)cc2)C1. The van der Waals surface area contributed by atoms with Gasteiger partial charge in [-0.1, -0.05) is 24.6 Å².